The van der Waals surface area contributed by atoms with Crippen molar-refractivity contribution in [1.29, 1.82) is 0 Å². The molecular formula is C36H44N6O5. The number of nitrogens with zero attached hydrogens (tertiary/aromatic N) is 5. The Morgan fingerprint density at radius 3 is 2.34 bits per heavy atom. The number of anilines is 1. The van der Waals surface area contributed by atoms with Crippen molar-refractivity contribution in [2.45, 2.75) is 79.3 Å². The molecule has 1 aliphatic heterocycles. The molecule has 0 fully saturated rings. The Morgan fingerprint density at radius 2 is 1.70 bits per heavy atom. The second kappa shape index (κ2) is 14.8. The van der Waals surface area contributed by atoms with Crippen LogP contribution in [-0.2, 0) is 13.0 Å². The van der Waals surface area contributed by atoms with Crippen molar-refractivity contribution in [1.82, 2.24) is 24.6 Å². The second-order valence-corrected chi connectivity index (χ2v) is 12.2. The van der Waals surface area contributed by atoms with Crippen molar-refractivity contribution in [2.75, 3.05) is 25.0 Å². The van der Waals surface area contributed by atoms with E-state index in [1.807, 2.05) is 36.1 Å². The molecule has 0 spiro atoms. The third kappa shape index (κ3) is 7.30. The van der Waals surface area contributed by atoms with Gasteiger partial charge in [0, 0.05) is 37.9 Å². The number of unbranched alkanes of at least 4 members (excludes halogenated alkanes) is 2. The molecular weight excluding hydrogens is 596 g/mol. The quantitative estimate of drug-likeness (QED) is 0.205. The molecule has 0 saturated heterocycles. The molecule has 4 aromatic rings. The minimum Gasteiger partial charge on any atom is -0.436 e. The lowest BCUT2D eigenvalue weighted by molar-refractivity contribution is 0.0544. The van der Waals surface area contributed by atoms with Crippen LogP contribution in [0.4, 0.5) is 5.69 Å². The topological polar surface area (TPSA) is 134 Å². The number of rotatable bonds is 12. The van der Waals surface area contributed by atoms with Crippen LogP contribution >= 0.6 is 0 Å². The highest BCUT2D eigenvalue weighted by atomic mass is 16.4. The van der Waals surface area contributed by atoms with Gasteiger partial charge in [-0.2, -0.15) is 5.10 Å². The van der Waals surface area contributed by atoms with Crippen LogP contribution in [-0.4, -0.2) is 73.1 Å². The maximum Gasteiger partial charge on any atom is 0.293 e. The number of oxazole rings is 1. The minimum atomic E-state index is -0.489. The highest BCUT2D eigenvalue weighted by molar-refractivity contribution is 6.05. The average Bonchev–Trinajstić information content (AvgIpc) is 3.63. The summed E-state index contributed by atoms with van der Waals surface area (Å²) in [6.45, 7) is 10.8. The lowest BCUT2D eigenvalue weighted by Gasteiger charge is -2.36. The van der Waals surface area contributed by atoms with Gasteiger partial charge >= 0.3 is 0 Å². The van der Waals surface area contributed by atoms with E-state index in [9.17, 15) is 19.5 Å². The molecule has 2 N–H and O–H groups in total. The van der Waals surface area contributed by atoms with E-state index in [1.165, 1.54) is 0 Å². The summed E-state index contributed by atoms with van der Waals surface area (Å²) in [6.07, 6.45) is 4.27. The fourth-order valence-corrected chi connectivity index (χ4v) is 6.04. The number of aliphatic hydroxyl groups excluding tert-OH is 1. The zero-order valence-electron chi connectivity index (χ0n) is 27.9. The number of aliphatic hydroxyl groups is 1. The average molecular weight is 641 g/mol. The molecule has 11 heteroatoms. The molecule has 47 heavy (non-hydrogen) atoms. The minimum absolute atomic E-state index is 0.0919. The van der Waals surface area contributed by atoms with E-state index in [-0.39, 0.29) is 29.7 Å². The lowest BCUT2D eigenvalue weighted by Crippen LogP contribution is -2.46. The van der Waals surface area contributed by atoms with Crippen LogP contribution < -0.4 is 5.32 Å². The number of hydrogen-bond donors (Lipinski definition) is 2. The van der Waals surface area contributed by atoms with Gasteiger partial charge in [-0.05, 0) is 68.5 Å². The first-order chi connectivity index (χ1) is 22.6. The Balaban J connectivity index is 1.55. The highest BCUT2D eigenvalue weighted by Crippen LogP contribution is 2.29. The largest absolute Gasteiger partial charge is 0.436 e. The summed E-state index contributed by atoms with van der Waals surface area (Å²) < 4.78 is 7.12. The number of aryl methyl sites for hydroxylation is 3. The van der Waals surface area contributed by atoms with E-state index >= 15 is 0 Å². The van der Waals surface area contributed by atoms with Crippen molar-refractivity contribution in [3.8, 4) is 5.69 Å². The third-order valence-electron chi connectivity index (χ3n) is 8.61. The van der Waals surface area contributed by atoms with Crippen molar-refractivity contribution < 1.29 is 23.9 Å². The summed E-state index contributed by atoms with van der Waals surface area (Å²) in [7, 11) is 0. The Kier molecular flexibility index (Phi) is 10.6. The first kappa shape index (κ1) is 33.6. The summed E-state index contributed by atoms with van der Waals surface area (Å²) in [5.74, 6) is -0.490. The van der Waals surface area contributed by atoms with Crippen LogP contribution in [0, 0.1) is 20.8 Å². The number of nitrogens with one attached hydrogen (secondary N) is 1. The second-order valence-electron chi connectivity index (χ2n) is 12.2. The van der Waals surface area contributed by atoms with E-state index in [0.717, 1.165) is 36.8 Å². The van der Waals surface area contributed by atoms with E-state index in [2.05, 4.69) is 24.1 Å². The molecule has 3 amide bonds. The molecule has 2 aromatic heterocycles. The SMILES string of the molecule is CCCCN(CCCC)C(=O)c1cc(C)n(-c2ccc(NC(=O)c3oc(C)nc3C)cc2C(=O)N2Cc3ccccc3C[C@H]2CO)n1. The van der Waals surface area contributed by atoms with Gasteiger partial charge in [0.1, 0.15) is 0 Å². The first-order valence-corrected chi connectivity index (χ1v) is 16.4. The van der Waals surface area contributed by atoms with Gasteiger partial charge in [-0.25, -0.2) is 9.67 Å². The maximum atomic E-state index is 14.5. The molecule has 0 aliphatic carbocycles. The smallest absolute Gasteiger partial charge is 0.293 e. The normalized spacial score (nSPS) is 14.2. The Bertz CT molecular complexity index is 1750. The van der Waals surface area contributed by atoms with Crippen molar-refractivity contribution in [3.63, 3.8) is 0 Å². The van der Waals surface area contributed by atoms with Gasteiger partial charge in [0.15, 0.2) is 11.6 Å². The number of carbonyl (C=O) groups is 3. The summed E-state index contributed by atoms with van der Waals surface area (Å²) in [4.78, 5) is 49.0. The van der Waals surface area contributed by atoms with Crippen LogP contribution in [0.5, 0.6) is 0 Å². The van der Waals surface area contributed by atoms with Gasteiger partial charge in [0.25, 0.3) is 17.7 Å². The van der Waals surface area contributed by atoms with Gasteiger partial charge < -0.3 is 24.6 Å². The fraction of sp³-hybridized carbons (Fsp3) is 0.417. The summed E-state index contributed by atoms with van der Waals surface area (Å²) in [5.41, 5.74) is 4.65. The molecule has 0 radical (unpaired) electrons. The number of fused-ring (bicyclic) bond motifs is 1. The third-order valence-corrected chi connectivity index (χ3v) is 8.61. The van der Waals surface area contributed by atoms with Gasteiger partial charge in [0.2, 0.25) is 5.76 Å². The molecule has 3 heterocycles. The van der Waals surface area contributed by atoms with Crippen LogP contribution in [0.2, 0.25) is 0 Å². The molecule has 248 valence electrons. The number of hydrogen-bond acceptors (Lipinski definition) is 7. The molecule has 0 unspecified atom stereocenters. The molecule has 0 bridgehead atoms. The standard InChI is InChI=1S/C36H44N6O5/c1-6-8-16-40(17-9-7-2)36(46)31-18-23(3)42(39-31)32-15-14-28(38-34(44)33-24(4)37-25(5)47-33)20-30(32)35(45)41-21-27-13-11-10-12-26(27)19-29(41)22-43/h10-15,18,20,29,43H,6-9,16-17,19,21-22H2,1-5H3,(H,38,44)/t29-/m0/s1. The Labute approximate surface area is 275 Å². The Morgan fingerprint density at radius 1 is 1.00 bits per heavy atom. The van der Waals surface area contributed by atoms with Crippen LogP contribution in [0.25, 0.3) is 5.69 Å². The number of amides is 3. The monoisotopic (exact) mass is 640 g/mol. The van der Waals surface area contributed by atoms with Crippen LogP contribution in [0.1, 0.15) is 99.3 Å². The highest BCUT2D eigenvalue weighted by Gasteiger charge is 2.32. The summed E-state index contributed by atoms with van der Waals surface area (Å²) in [5, 5.41) is 17.9. The zero-order chi connectivity index (χ0) is 33.7. The molecule has 11 nitrogen and oxygen atoms in total. The van der Waals surface area contributed by atoms with E-state index in [0.29, 0.717) is 60.4 Å². The molecule has 1 atom stereocenters. The number of carbonyl (C=O) groups excluding carboxylic acids is 3. The summed E-state index contributed by atoms with van der Waals surface area (Å²) >= 11 is 0. The summed E-state index contributed by atoms with van der Waals surface area (Å²) in [6, 6.07) is 14.2. The number of benzene rings is 2. The van der Waals surface area contributed by atoms with Gasteiger partial charge in [-0.3, -0.25) is 14.4 Å². The molecule has 2 aromatic carbocycles. The van der Waals surface area contributed by atoms with E-state index < -0.39 is 11.9 Å². The van der Waals surface area contributed by atoms with Crippen molar-refractivity contribution in [3.05, 3.63) is 94.0 Å². The van der Waals surface area contributed by atoms with Gasteiger partial charge in [-0.1, -0.05) is 51.0 Å². The van der Waals surface area contributed by atoms with Gasteiger partial charge in [0.05, 0.1) is 29.6 Å². The van der Waals surface area contributed by atoms with E-state index in [4.69, 9.17) is 9.52 Å². The molecule has 5 rings (SSSR count). The van der Waals surface area contributed by atoms with Gasteiger partial charge in [-0.15, -0.1) is 0 Å². The van der Waals surface area contributed by atoms with Crippen molar-refractivity contribution in [2.24, 2.45) is 0 Å². The lowest BCUT2D eigenvalue weighted by atomic mass is 9.93. The van der Waals surface area contributed by atoms with Crippen LogP contribution in [0.3, 0.4) is 0 Å². The zero-order valence-corrected chi connectivity index (χ0v) is 27.9. The first-order valence-electron chi connectivity index (χ1n) is 16.4. The predicted octanol–water partition coefficient (Wildman–Crippen LogP) is 5.64. The molecule has 1 aliphatic rings. The predicted molar refractivity (Wildman–Crippen MR) is 179 cm³/mol. The fourth-order valence-electron chi connectivity index (χ4n) is 6.04. The Hall–Kier alpha value is -4.77. The number of aromatic nitrogens is 3. The maximum absolute atomic E-state index is 14.5. The van der Waals surface area contributed by atoms with E-state index in [1.54, 1.807) is 47.7 Å². The molecule has 0 saturated carbocycles. The van der Waals surface area contributed by atoms with Crippen molar-refractivity contribution >= 4 is 23.4 Å². The van der Waals surface area contributed by atoms with Crippen LogP contribution in [0.15, 0.2) is 52.9 Å².